The SMILES string of the molecule is CCC[C@H](CC(=O)C(C)(C)C)[C@H](Oc1ccc2c(cnn2-c2ccc(F)cc2)c1)c1ccccc1. The molecule has 0 aliphatic heterocycles. The van der Waals surface area contributed by atoms with Crippen LogP contribution in [0.4, 0.5) is 4.39 Å². The molecule has 0 amide bonds. The molecular formula is C30H33FN2O2. The maximum Gasteiger partial charge on any atom is 0.138 e. The number of hydrogen-bond donors (Lipinski definition) is 0. The minimum absolute atomic E-state index is 0.0618. The van der Waals surface area contributed by atoms with Gasteiger partial charge in [0, 0.05) is 23.1 Å². The zero-order valence-electron chi connectivity index (χ0n) is 20.9. The van der Waals surface area contributed by atoms with Crippen LogP contribution >= 0.6 is 0 Å². The second-order valence-corrected chi connectivity index (χ2v) is 10.1. The Hall–Kier alpha value is -3.47. The fourth-order valence-electron chi connectivity index (χ4n) is 4.37. The van der Waals surface area contributed by atoms with Crippen molar-refractivity contribution in [3.8, 4) is 11.4 Å². The van der Waals surface area contributed by atoms with Gasteiger partial charge in [-0.25, -0.2) is 9.07 Å². The number of carbonyl (C=O) groups is 1. The standard InChI is InChI=1S/C30H33FN2O2/c1-5-9-22(19-28(34)30(2,3)4)29(21-10-7-6-8-11-21)35-26-16-17-27-23(18-26)20-32-33(27)25-14-12-24(31)13-15-25/h6-8,10-18,20,22,29H,5,9,19H2,1-4H3/t22-,29-/m1/s1. The monoisotopic (exact) mass is 472 g/mol. The summed E-state index contributed by atoms with van der Waals surface area (Å²) in [6, 6.07) is 22.3. The van der Waals surface area contributed by atoms with E-state index in [1.165, 1.54) is 12.1 Å². The largest absolute Gasteiger partial charge is 0.485 e. The first-order valence-electron chi connectivity index (χ1n) is 12.2. The summed E-state index contributed by atoms with van der Waals surface area (Å²) in [7, 11) is 0. The maximum absolute atomic E-state index is 13.4. The van der Waals surface area contributed by atoms with Gasteiger partial charge in [0.2, 0.25) is 0 Å². The molecule has 1 aromatic heterocycles. The molecule has 3 aromatic carbocycles. The van der Waals surface area contributed by atoms with Crippen LogP contribution in [0.1, 0.15) is 58.6 Å². The van der Waals surface area contributed by atoms with Crippen LogP contribution in [-0.2, 0) is 4.79 Å². The quantitative estimate of drug-likeness (QED) is 0.251. The van der Waals surface area contributed by atoms with Crippen molar-refractivity contribution in [3.63, 3.8) is 0 Å². The second-order valence-electron chi connectivity index (χ2n) is 10.1. The van der Waals surface area contributed by atoms with Gasteiger partial charge >= 0.3 is 0 Å². The van der Waals surface area contributed by atoms with Crippen LogP contribution in [0, 0.1) is 17.2 Å². The van der Waals surface area contributed by atoms with E-state index < -0.39 is 0 Å². The third-order valence-corrected chi connectivity index (χ3v) is 6.37. The van der Waals surface area contributed by atoms with Gasteiger partial charge in [0.25, 0.3) is 0 Å². The smallest absolute Gasteiger partial charge is 0.138 e. The number of ether oxygens (including phenoxy) is 1. The van der Waals surface area contributed by atoms with E-state index in [4.69, 9.17) is 4.74 Å². The summed E-state index contributed by atoms with van der Waals surface area (Å²) in [6.07, 6.45) is 3.88. The molecule has 0 aliphatic carbocycles. The Balaban J connectivity index is 1.66. The highest BCUT2D eigenvalue weighted by atomic mass is 19.1. The molecule has 5 heteroatoms. The molecule has 0 fully saturated rings. The van der Waals surface area contributed by atoms with Crippen molar-refractivity contribution in [3.05, 3.63) is 90.4 Å². The highest BCUT2D eigenvalue weighted by Crippen LogP contribution is 2.36. The van der Waals surface area contributed by atoms with E-state index in [0.717, 1.165) is 40.7 Å². The van der Waals surface area contributed by atoms with Gasteiger partial charge in [-0.1, -0.05) is 64.4 Å². The molecule has 4 aromatic rings. The number of carbonyl (C=O) groups excluding carboxylic acids is 1. The van der Waals surface area contributed by atoms with Crippen LogP contribution < -0.4 is 4.74 Å². The lowest BCUT2D eigenvalue weighted by atomic mass is 9.80. The van der Waals surface area contributed by atoms with E-state index in [1.807, 2.05) is 57.2 Å². The van der Waals surface area contributed by atoms with Crippen molar-refractivity contribution >= 4 is 16.7 Å². The molecular weight excluding hydrogens is 439 g/mol. The maximum atomic E-state index is 13.4. The number of Topliss-reactive ketones (excluding diaryl/α,β-unsaturated/α-hetero) is 1. The Labute approximate surface area is 206 Å². The summed E-state index contributed by atoms with van der Waals surface area (Å²) in [5, 5.41) is 5.43. The van der Waals surface area contributed by atoms with E-state index in [1.54, 1.807) is 23.0 Å². The van der Waals surface area contributed by atoms with Gasteiger partial charge in [0.15, 0.2) is 0 Å². The molecule has 0 N–H and O–H groups in total. The third kappa shape index (κ3) is 5.79. The number of rotatable bonds is 9. The lowest BCUT2D eigenvalue weighted by Crippen LogP contribution is -2.27. The Morgan fingerprint density at radius 3 is 2.40 bits per heavy atom. The van der Waals surface area contributed by atoms with E-state index in [2.05, 4.69) is 24.2 Å². The highest BCUT2D eigenvalue weighted by Gasteiger charge is 2.31. The summed E-state index contributed by atoms with van der Waals surface area (Å²) in [5.41, 5.74) is 2.38. The number of nitrogens with zero attached hydrogens (tertiary/aromatic N) is 2. The molecule has 0 unspecified atom stereocenters. The Morgan fingerprint density at radius 1 is 1.03 bits per heavy atom. The fourth-order valence-corrected chi connectivity index (χ4v) is 4.37. The molecule has 0 radical (unpaired) electrons. The summed E-state index contributed by atoms with van der Waals surface area (Å²) in [5.74, 6) is 0.761. The molecule has 2 atom stereocenters. The van der Waals surface area contributed by atoms with Crippen molar-refractivity contribution in [1.82, 2.24) is 9.78 Å². The molecule has 1 heterocycles. The van der Waals surface area contributed by atoms with Gasteiger partial charge in [0.05, 0.1) is 17.4 Å². The zero-order valence-corrected chi connectivity index (χ0v) is 20.9. The topological polar surface area (TPSA) is 44.1 Å². The fraction of sp³-hybridized carbons (Fsp3) is 0.333. The van der Waals surface area contributed by atoms with Gasteiger partial charge in [-0.3, -0.25) is 4.79 Å². The average Bonchev–Trinajstić information content (AvgIpc) is 3.26. The molecule has 0 aliphatic rings. The van der Waals surface area contributed by atoms with Crippen LogP contribution in [0.5, 0.6) is 5.75 Å². The molecule has 182 valence electrons. The minimum Gasteiger partial charge on any atom is -0.485 e. The van der Waals surface area contributed by atoms with E-state index in [-0.39, 0.29) is 29.0 Å². The number of fused-ring (bicyclic) bond motifs is 1. The van der Waals surface area contributed by atoms with Gasteiger partial charge < -0.3 is 4.74 Å². The van der Waals surface area contributed by atoms with Gasteiger partial charge in [-0.05, 0) is 54.4 Å². The molecule has 0 bridgehead atoms. The van der Waals surface area contributed by atoms with Gasteiger partial charge in [-0.15, -0.1) is 0 Å². The van der Waals surface area contributed by atoms with Crippen molar-refractivity contribution in [2.45, 2.75) is 53.1 Å². The summed E-state index contributed by atoms with van der Waals surface area (Å²) in [6.45, 7) is 8.07. The summed E-state index contributed by atoms with van der Waals surface area (Å²) < 4.78 is 21.8. The molecule has 0 saturated carbocycles. The van der Waals surface area contributed by atoms with E-state index in [9.17, 15) is 9.18 Å². The van der Waals surface area contributed by atoms with Crippen molar-refractivity contribution in [2.24, 2.45) is 11.3 Å². The average molecular weight is 473 g/mol. The summed E-state index contributed by atoms with van der Waals surface area (Å²) in [4.78, 5) is 13.0. The summed E-state index contributed by atoms with van der Waals surface area (Å²) >= 11 is 0. The normalized spacial score (nSPS) is 13.5. The number of halogens is 1. The van der Waals surface area contributed by atoms with Crippen LogP contribution in [0.3, 0.4) is 0 Å². The predicted molar refractivity (Wildman–Crippen MR) is 138 cm³/mol. The first kappa shape index (κ1) is 24.6. The second kappa shape index (κ2) is 10.4. The van der Waals surface area contributed by atoms with Crippen molar-refractivity contribution in [1.29, 1.82) is 0 Å². The number of hydrogen-bond acceptors (Lipinski definition) is 3. The molecule has 4 rings (SSSR count). The van der Waals surface area contributed by atoms with Crippen LogP contribution in [0.2, 0.25) is 0 Å². The zero-order chi connectivity index (χ0) is 25.0. The van der Waals surface area contributed by atoms with E-state index >= 15 is 0 Å². The first-order valence-corrected chi connectivity index (χ1v) is 12.2. The lowest BCUT2D eigenvalue weighted by Gasteiger charge is -2.30. The van der Waals surface area contributed by atoms with Crippen molar-refractivity contribution in [2.75, 3.05) is 0 Å². The van der Waals surface area contributed by atoms with Crippen LogP contribution in [0.15, 0.2) is 79.0 Å². The first-order chi connectivity index (χ1) is 16.8. The van der Waals surface area contributed by atoms with Crippen molar-refractivity contribution < 1.29 is 13.9 Å². The lowest BCUT2D eigenvalue weighted by molar-refractivity contribution is -0.128. The van der Waals surface area contributed by atoms with E-state index in [0.29, 0.717) is 6.42 Å². The van der Waals surface area contributed by atoms with Gasteiger partial charge in [0.1, 0.15) is 23.5 Å². The number of ketones is 1. The Bertz CT molecular complexity index is 1270. The predicted octanol–water partition coefficient (Wildman–Crippen LogP) is 7.71. The number of aromatic nitrogens is 2. The molecule has 4 nitrogen and oxygen atoms in total. The Kier molecular flexibility index (Phi) is 7.34. The third-order valence-electron chi connectivity index (χ3n) is 6.37. The van der Waals surface area contributed by atoms with Crippen LogP contribution in [0.25, 0.3) is 16.6 Å². The van der Waals surface area contributed by atoms with Crippen LogP contribution in [-0.4, -0.2) is 15.6 Å². The molecule has 0 saturated heterocycles. The Morgan fingerprint density at radius 2 is 1.74 bits per heavy atom. The molecule has 35 heavy (non-hydrogen) atoms. The van der Waals surface area contributed by atoms with Gasteiger partial charge in [-0.2, -0.15) is 5.10 Å². The number of benzene rings is 3. The molecule has 0 spiro atoms. The minimum atomic E-state index is -0.388. The highest BCUT2D eigenvalue weighted by molar-refractivity contribution is 5.84.